The summed E-state index contributed by atoms with van der Waals surface area (Å²) in [6, 6.07) is 3.52. The fraction of sp³-hybridized carbons (Fsp3) is 0.167. The fourth-order valence-electron chi connectivity index (χ4n) is 1.40. The lowest BCUT2D eigenvalue weighted by molar-refractivity contribution is 0.0691. The second kappa shape index (κ2) is 4.29. The predicted molar refractivity (Wildman–Crippen MR) is 62.5 cm³/mol. The Morgan fingerprint density at radius 3 is 3.06 bits per heavy atom. The number of hydrogen-bond donors (Lipinski definition) is 1. The normalized spacial score (nSPS) is 10.4. The van der Waals surface area contributed by atoms with Crippen LogP contribution in [-0.4, -0.2) is 27.1 Å². The summed E-state index contributed by atoms with van der Waals surface area (Å²) >= 11 is 0. The van der Waals surface area contributed by atoms with Gasteiger partial charge in [0.05, 0.1) is 0 Å². The van der Waals surface area contributed by atoms with Crippen molar-refractivity contribution >= 4 is 11.6 Å². The van der Waals surface area contributed by atoms with Gasteiger partial charge < -0.3 is 14.2 Å². The minimum Gasteiger partial charge on any atom is -0.485 e. The lowest BCUT2D eigenvalue weighted by Gasteiger charge is -2.06. The van der Waals surface area contributed by atoms with Crippen molar-refractivity contribution < 1.29 is 14.6 Å². The third-order valence-electron chi connectivity index (χ3n) is 2.14. The van der Waals surface area contributed by atoms with E-state index in [1.807, 2.05) is 6.92 Å². The highest BCUT2D eigenvalue weighted by molar-refractivity contribution is 5.86. The molecule has 2 heterocycles. The Hall–Kier alpha value is -2.30. The molecule has 5 nitrogen and oxygen atoms in total. The lowest BCUT2D eigenvalue weighted by atomic mass is 10.4. The van der Waals surface area contributed by atoms with Crippen LogP contribution < -0.4 is 4.74 Å². The van der Waals surface area contributed by atoms with Crippen molar-refractivity contribution in [3.05, 3.63) is 42.4 Å². The Morgan fingerprint density at radius 2 is 2.41 bits per heavy atom. The van der Waals surface area contributed by atoms with Crippen molar-refractivity contribution in [1.29, 1.82) is 0 Å². The minimum atomic E-state index is -1.06. The van der Waals surface area contributed by atoms with Gasteiger partial charge in [-0.15, -0.1) is 0 Å². The zero-order valence-electron chi connectivity index (χ0n) is 9.38. The number of aromatic nitrogens is 2. The number of hydrogen-bond acceptors (Lipinski definition) is 3. The summed E-state index contributed by atoms with van der Waals surface area (Å²) < 4.78 is 7.12. The summed E-state index contributed by atoms with van der Waals surface area (Å²) in [6.07, 6.45) is 3.17. The maximum atomic E-state index is 10.8. The Morgan fingerprint density at radius 1 is 1.65 bits per heavy atom. The molecule has 17 heavy (non-hydrogen) atoms. The number of aromatic carboxylic acids is 1. The first-order valence-corrected chi connectivity index (χ1v) is 5.06. The van der Waals surface area contributed by atoms with Gasteiger partial charge in [-0.3, -0.25) is 0 Å². The molecule has 0 unspecified atom stereocenters. The van der Waals surface area contributed by atoms with Crippen LogP contribution in [0.4, 0.5) is 0 Å². The smallest absolute Gasteiger partial charge is 0.356 e. The van der Waals surface area contributed by atoms with Gasteiger partial charge in [0.2, 0.25) is 0 Å². The molecule has 0 fully saturated rings. The molecule has 0 bridgehead atoms. The van der Waals surface area contributed by atoms with Gasteiger partial charge in [-0.2, -0.15) is 0 Å². The Kier molecular flexibility index (Phi) is 2.82. The first-order valence-electron chi connectivity index (χ1n) is 5.06. The Balaban J connectivity index is 2.42. The van der Waals surface area contributed by atoms with E-state index in [0.29, 0.717) is 18.0 Å². The number of carboxylic acids is 1. The van der Waals surface area contributed by atoms with Crippen molar-refractivity contribution in [2.45, 2.75) is 6.92 Å². The van der Waals surface area contributed by atoms with Gasteiger partial charge in [0, 0.05) is 12.4 Å². The average Bonchev–Trinajstić information content (AvgIpc) is 2.70. The molecule has 2 aromatic heterocycles. The monoisotopic (exact) mass is 232 g/mol. The van der Waals surface area contributed by atoms with E-state index >= 15 is 0 Å². The first-order chi connectivity index (χ1) is 8.08. The second-order valence-corrected chi connectivity index (χ2v) is 3.78. The van der Waals surface area contributed by atoms with Crippen LogP contribution in [-0.2, 0) is 0 Å². The van der Waals surface area contributed by atoms with Gasteiger partial charge in [-0.05, 0) is 24.6 Å². The summed E-state index contributed by atoms with van der Waals surface area (Å²) in [7, 11) is 0. The number of nitrogens with zero attached hydrogens (tertiary/aromatic N) is 2. The molecular formula is C12H12N2O3. The number of fused-ring (bicyclic) bond motifs is 1. The maximum absolute atomic E-state index is 10.8. The molecule has 0 radical (unpaired) electrons. The molecule has 0 saturated carbocycles. The number of carboxylic acid groups (broad SMARTS) is 1. The summed E-state index contributed by atoms with van der Waals surface area (Å²) in [6.45, 7) is 5.98. The third kappa shape index (κ3) is 2.28. The van der Waals surface area contributed by atoms with Crippen LogP contribution in [0.2, 0.25) is 0 Å². The van der Waals surface area contributed by atoms with Crippen LogP contribution in [0.3, 0.4) is 0 Å². The highest BCUT2D eigenvalue weighted by Crippen LogP contribution is 2.19. The summed E-state index contributed by atoms with van der Waals surface area (Å²) in [5, 5.41) is 8.86. The van der Waals surface area contributed by atoms with E-state index in [9.17, 15) is 4.79 Å². The zero-order valence-corrected chi connectivity index (χ0v) is 9.38. The van der Waals surface area contributed by atoms with E-state index in [4.69, 9.17) is 9.84 Å². The molecule has 0 aromatic carbocycles. The van der Waals surface area contributed by atoms with Crippen LogP contribution >= 0.6 is 0 Å². The molecular weight excluding hydrogens is 220 g/mol. The highest BCUT2D eigenvalue weighted by atomic mass is 16.5. The quantitative estimate of drug-likeness (QED) is 0.819. The summed E-state index contributed by atoms with van der Waals surface area (Å²) in [5.41, 5.74) is 1.37. The number of pyridine rings is 1. The van der Waals surface area contributed by atoms with Gasteiger partial charge in [0.15, 0.2) is 17.1 Å². The molecule has 88 valence electrons. The van der Waals surface area contributed by atoms with E-state index in [0.717, 1.165) is 5.57 Å². The van der Waals surface area contributed by atoms with Gasteiger partial charge >= 0.3 is 5.97 Å². The highest BCUT2D eigenvalue weighted by Gasteiger charge is 2.11. The molecule has 2 aromatic rings. The van der Waals surface area contributed by atoms with Crippen molar-refractivity contribution in [1.82, 2.24) is 9.38 Å². The van der Waals surface area contributed by atoms with Crippen LogP contribution in [0.5, 0.6) is 5.75 Å². The van der Waals surface area contributed by atoms with E-state index in [-0.39, 0.29) is 5.69 Å². The molecule has 0 saturated heterocycles. The van der Waals surface area contributed by atoms with E-state index in [1.165, 1.54) is 6.20 Å². The van der Waals surface area contributed by atoms with Gasteiger partial charge in [-0.1, -0.05) is 6.58 Å². The molecule has 2 rings (SSSR count). The number of carbonyl (C=O) groups is 1. The van der Waals surface area contributed by atoms with Crippen molar-refractivity contribution in [2.75, 3.05) is 6.61 Å². The molecule has 1 N–H and O–H groups in total. The van der Waals surface area contributed by atoms with Crippen molar-refractivity contribution in [2.24, 2.45) is 0 Å². The minimum absolute atomic E-state index is 0.00336. The predicted octanol–water partition coefficient (Wildman–Crippen LogP) is 1.99. The molecule has 0 atom stereocenters. The number of ether oxygens (including phenoxy) is 1. The Bertz CT molecular complexity index is 586. The SMILES string of the molecule is C=C(C)COc1cccn2cc(C(=O)O)nc12. The average molecular weight is 232 g/mol. The molecule has 0 aliphatic carbocycles. The zero-order chi connectivity index (χ0) is 12.4. The third-order valence-corrected chi connectivity index (χ3v) is 2.14. The van der Waals surface area contributed by atoms with E-state index in [1.54, 1.807) is 22.7 Å². The maximum Gasteiger partial charge on any atom is 0.356 e. The summed E-state index contributed by atoms with van der Waals surface area (Å²) in [5.74, 6) is -0.512. The molecule has 5 heteroatoms. The molecule has 0 amide bonds. The van der Waals surface area contributed by atoms with Crippen LogP contribution in [0, 0.1) is 0 Å². The molecule has 0 spiro atoms. The van der Waals surface area contributed by atoms with Crippen LogP contribution in [0.25, 0.3) is 5.65 Å². The van der Waals surface area contributed by atoms with E-state index < -0.39 is 5.97 Å². The molecule has 0 aliphatic rings. The Labute approximate surface area is 98.0 Å². The van der Waals surface area contributed by atoms with Gasteiger partial charge in [0.25, 0.3) is 0 Å². The number of rotatable bonds is 4. The topological polar surface area (TPSA) is 63.8 Å². The van der Waals surface area contributed by atoms with Gasteiger partial charge in [-0.25, -0.2) is 9.78 Å². The summed E-state index contributed by atoms with van der Waals surface area (Å²) in [4.78, 5) is 14.8. The van der Waals surface area contributed by atoms with Crippen LogP contribution in [0.15, 0.2) is 36.7 Å². The first kappa shape index (κ1) is 11.2. The van der Waals surface area contributed by atoms with Crippen molar-refractivity contribution in [3.63, 3.8) is 0 Å². The van der Waals surface area contributed by atoms with E-state index in [2.05, 4.69) is 11.6 Å². The fourth-order valence-corrected chi connectivity index (χ4v) is 1.40. The number of imidazole rings is 1. The van der Waals surface area contributed by atoms with Gasteiger partial charge in [0.1, 0.15) is 6.61 Å². The molecule has 0 aliphatic heterocycles. The van der Waals surface area contributed by atoms with Crippen molar-refractivity contribution in [3.8, 4) is 5.75 Å². The standard InChI is InChI=1S/C12H12N2O3/c1-8(2)7-17-10-4-3-5-14-6-9(12(15)16)13-11(10)14/h3-6H,1,7H2,2H3,(H,15,16). The lowest BCUT2D eigenvalue weighted by Crippen LogP contribution is -1.99. The second-order valence-electron chi connectivity index (χ2n) is 3.78. The van der Waals surface area contributed by atoms with Crippen LogP contribution in [0.1, 0.15) is 17.4 Å². The largest absolute Gasteiger partial charge is 0.485 e.